The summed E-state index contributed by atoms with van der Waals surface area (Å²) in [5, 5.41) is 5.39. The van der Waals surface area contributed by atoms with Crippen LogP contribution < -0.4 is 9.62 Å². The number of carbonyl (C=O) groups excluding carboxylic acids is 2. The summed E-state index contributed by atoms with van der Waals surface area (Å²) in [5.74, 6) is -0.810. The van der Waals surface area contributed by atoms with Crippen LogP contribution in [-0.2, 0) is 26.2 Å². The molecule has 3 aromatic carbocycles. The molecule has 4 rings (SSSR count). The second-order valence-electron chi connectivity index (χ2n) is 9.69. The minimum Gasteiger partial charge on any atom is -0.352 e. The van der Waals surface area contributed by atoms with Crippen molar-refractivity contribution in [1.82, 2.24) is 10.2 Å². The number of carbonyl (C=O) groups is 2. The fraction of sp³-hybridized carbons (Fsp3) is 0.357. The quantitative estimate of drug-likeness (QED) is 0.370. The first kappa shape index (κ1) is 28.2. The molecule has 1 atom stereocenters. The zero-order valence-electron chi connectivity index (χ0n) is 21.4. The molecule has 3 aromatic rings. The number of benzene rings is 3. The van der Waals surface area contributed by atoms with Crippen LogP contribution in [-0.4, -0.2) is 50.0 Å². The summed E-state index contributed by atoms with van der Waals surface area (Å²) in [6, 6.07) is 16.8. The van der Waals surface area contributed by atoms with Gasteiger partial charge in [0.05, 0.1) is 11.9 Å². The topological polar surface area (TPSA) is 86.8 Å². The van der Waals surface area contributed by atoms with Crippen molar-refractivity contribution in [3.05, 3.63) is 76.3 Å². The Hall–Kier alpha value is -2.81. The van der Waals surface area contributed by atoms with Crippen molar-refractivity contribution < 1.29 is 18.0 Å². The zero-order valence-corrected chi connectivity index (χ0v) is 23.7. The van der Waals surface area contributed by atoms with E-state index in [1.54, 1.807) is 37.3 Å². The maximum absolute atomic E-state index is 13.8. The van der Waals surface area contributed by atoms with Crippen molar-refractivity contribution in [2.45, 2.75) is 51.2 Å². The molecule has 1 unspecified atom stereocenters. The SMILES string of the molecule is CC(C(=O)NC1CCCC1)N(Cc1ccc(Cl)cc1Cl)C(=O)CN(c1cccc2ccccc12)S(C)(=O)=O. The van der Waals surface area contributed by atoms with Gasteiger partial charge in [0.2, 0.25) is 21.8 Å². The molecule has 0 saturated heterocycles. The molecule has 0 heterocycles. The van der Waals surface area contributed by atoms with Crippen LogP contribution in [0, 0.1) is 0 Å². The molecule has 38 heavy (non-hydrogen) atoms. The molecule has 10 heteroatoms. The molecule has 202 valence electrons. The van der Waals surface area contributed by atoms with E-state index in [-0.39, 0.29) is 18.5 Å². The number of rotatable bonds is 9. The smallest absolute Gasteiger partial charge is 0.244 e. The zero-order chi connectivity index (χ0) is 27.4. The molecule has 0 aliphatic heterocycles. The standard InChI is InChI=1S/C28H31Cl2N3O4S/c1-19(28(35)31-23-10-4-5-11-23)32(17-21-14-15-22(29)16-25(21)30)27(34)18-33(38(2,36)37)26-13-7-9-20-8-3-6-12-24(20)26/h3,6-9,12-16,19,23H,4-5,10-11,17-18H2,1-2H3,(H,31,35). The second-order valence-corrected chi connectivity index (χ2v) is 12.4. The van der Waals surface area contributed by atoms with Gasteiger partial charge in [0, 0.05) is 28.0 Å². The number of nitrogens with one attached hydrogen (secondary N) is 1. The number of nitrogens with zero attached hydrogens (tertiary/aromatic N) is 2. The predicted molar refractivity (Wildman–Crippen MR) is 153 cm³/mol. The Kier molecular flexibility index (Phi) is 8.85. The summed E-state index contributed by atoms with van der Waals surface area (Å²) >= 11 is 12.5. The number of halogens is 2. The molecule has 7 nitrogen and oxygen atoms in total. The number of hydrogen-bond donors (Lipinski definition) is 1. The highest BCUT2D eigenvalue weighted by Crippen LogP contribution is 2.29. The van der Waals surface area contributed by atoms with Crippen molar-refractivity contribution in [2.24, 2.45) is 0 Å². The van der Waals surface area contributed by atoms with Gasteiger partial charge in [-0.2, -0.15) is 0 Å². The van der Waals surface area contributed by atoms with Crippen molar-refractivity contribution >= 4 is 61.5 Å². The lowest BCUT2D eigenvalue weighted by atomic mass is 10.1. The first-order chi connectivity index (χ1) is 18.0. The molecule has 0 spiro atoms. The highest BCUT2D eigenvalue weighted by Gasteiger charge is 2.32. The molecular formula is C28H31Cl2N3O4S. The Morgan fingerprint density at radius 3 is 2.39 bits per heavy atom. The number of fused-ring (bicyclic) bond motifs is 1. The highest BCUT2D eigenvalue weighted by molar-refractivity contribution is 7.92. The van der Waals surface area contributed by atoms with Crippen LogP contribution >= 0.6 is 23.2 Å². The van der Waals surface area contributed by atoms with Crippen LogP contribution in [0.2, 0.25) is 10.0 Å². The third-order valence-corrected chi connectivity index (χ3v) is 8.65. The summed E-state index contributed by atoms with van der Waals surface area (Å²) in [6.07, 6.45) is 4.98. The van der Waals surface area contributed by atoms with E-state index in [0.717, 1.165) is 41.6 Å². The summed E-state index contributed by atoms with van der Waals surface area (Å²) in [4.78, 5) is 28.4. The minimum absolute atomic E-state index is 0.0151. The average Bonchev–Trinajstić information content (AvgIpc) is 3.38. The third-order valence-electron chi connectivity index (χ3n) is 6.94. The van der Waals surface area contributed by atoms with Gasteiger partial charge in [-0.15, -0.1) is 0 Å². The molecule has 1 aliphatic rings. The van der Waals surface area contributed by atoms with E-state index in [1.165, 1.54) is 4.90 Å². The minimum atomic E-state index is -3.85. The first-order valence-electron chi connectivity index (χ1n) is 12.5. The molecule has 0 radical (unpaired) electrons. The highest BCUT2D eigenvalue weighted by atomic mass is 35.5. The monoisotopic (exact) mass is 575 g/mol. The summed E-state index contributed by atoms with van der Waals surface area (Å²) in [5.41, 5.74) is 0.993. The van der Waals surface area contributed by atoms with Gasteiger partial charge >= 0.3 is 0 Å². The van der Waals surface area contributed by atoms with E-state index < -0.39 is 28.5 Å². The van der Waals surface area contributed by atoms with Crippen LogP contribution in [0.15, 0.2) is 60.7 Å². The van der Waals surface area contributed by atoms with E-state index in [2.05, 4.69) is 5.32 Å². The molecular weight excluding hydrogens is 545 g/mol. The molecule has 1 aliphatic carbocycles. The lowest BCUT2D eigenvalue weighted by Crippen LogP contribution is -2.52. The van der Waals surface area contributed by atoms with E-state index in [4.69, 9.17) is 23.2 Å². The van der Waals surface area contributed by atoms with E-state index in [1.807, 2.05) is 30.3 Å². The number of hydrogen-bond acceptors (Lipinski definition) is 4. The van der Waals surface area contributed by atoms with Crippen molar-refractivity contribution in [3.8, 4) is 0 Å². The van der Waals surface area contributed by atoms with E-state index in [0.29, 0.717) is 26.7 Å². The van der Waals surface area contributed by atoms with Gasteiger partial charge < -0.3 is 10.2 Å². The largest absolute Gasteiger partial charge is 0.352 e. The summed E-state index contributed by atoms with van der Waals surface area (Å²) in [7, 11) is -3.85. The van der Waals surface area contributed by atoms with Gasteiger partial charge in [-0.25, -0.2) is 8.42 Å². The van der Waals surface area contributed by atoms with Crippen molar-refractivity contribution in [3.63, 3.8) is 0 Å². The Balaban J connectivity index is 1.67. The van der Waals surface area contributed by atoms with Crippen LogP contribution in [0.4, 0.5) is 5.69 Å². The fourth-order valence-corrected chi connectivity index (χ4v) is 6.16. The predicted octanol–water partition coefficient (Wildman–Crippen LogP) is 5.39. The van der Waals surface area contributed by atoms with Gasteiger partial charge in [0.15, 0.2) is 0 Å². The molecule has 0 bridgehead atoms. The second kappa shape index (κ2) is 11.9. The lowest BCUT2D eigenvalue weighted by Gasteiger charge is -2.32. The van der Waals surface area contributed by atoms with Gasteiger partial charge in [-0.05, 0) is 48.9 Å². The van der Waals surface area contributed by atoms with Crippen molar-refractivity contribution in [1.29, 1.82) is 0 Å². The van der Waals surface area contributed by atoms with Crippen molar-refractivity contribution in [2.75, 3.05) is 17.1 Å². The molecule has 1 saturated carbocycles. The van der Waals surface area contributed by atoms with Gasteiger partial charge in [0.25, 0.3) is 0 Å². The molecule has 1 fully saturated rings. The Bertz CT molecular complexity index is 1440. The Labute approximate surface area is 233 Å². The van der Waals surface area contributed by atoms with E-state index >= 15 is 0 Å². The number of amides is 2. The average molecular weight is 577 g/mol. The van der Waals surface area contributed by atoms with Gasteiger partial charge in [0.1, 0.15) is 12.6 Å². The molecule has 1 N–H and O–H groups in total. The van der Waals surface area contributed by atoms with Crippen LogP contribution in [0.25, 0.3) is 10.8 Å². The molecule has 2 amide bonds. The van der Waals surface area contributed by atoms with Gasteiger partial charge in [-0.3, -0.25) is 13.9 Å². The van der Waals surface area contributed by atoms with Crippen LogP contribution in [0.5, 0.6) is 0 Å². The van der Waals surface area contributed by atoms with Crippen LogP contribution in [0.1, 0.15) is 38.2 Å². The summed E-state index contributed by atoms with van der Waals surface area (Å²) in [6.45, 7) is 1.19. The Morgan fingerprint density at radius 2 is 1.71 bits per heavy atom. The maximum atomic E-state index is 13.8. The lowest BCUT2D eigenvalue weighted by molar-refractivity contribution is -0.139. The molecule has 0 aromatic heterocycles. The Morgan fingerprint density at radius 1 is 1.03 bits per heavy atom. The van der Waals surface area contributed by atoms with E-state index in [9.17, 15) is 18.0 Å². The maximum Gasteiger partial charge on any atom is 0.244 e. The number of anilines is 1. The first-order valence-corrected chi connectivity index (χ1v) is 15.1. The van der Waals surface area contributed by atoms with Gasteiger partial charge in [-0.1, -0.05) is 78.5 Å². The summed E-state index contributed by atoms with van der Waals surface area (Å²) < 4.78 is 27.0. The van der Waals surface area contributed by atoms with Crippen LogP contribution in [0.3, 0.4) is 0 Å². The fourth-order valence-electron chi connectivity index (χ4n) is 4.83. The number of sulfonamides is 1. The normalized spacial score (nSPS) is 14.8. The third kappa shape index (κ3) is 6.60.